The van der Waals surface area contributed by atoms with Crippen LogP contribution in [0, 0.1) is 0 Å². The number of carbonyl (C=O) groups is 1. The summed E-state index contributed by atoms with van der Waals surface area (Å²) >= 11 is 0. The number of nitrogens with zero attached hydrogens (tertiary/aromatic N) is 1. The smallest absolute Gasteiger partial charge is 0.256 e. The first kappa shape index (κ1) is 15.2. The summed E-state index contributed by atoms with van der Waals surface area (Å²) in [5.41, 5.74) is 1.64. The molecule has 2 aromatic carbocycles. The molecule has 1 N–H and O–H groups in total. The van der Waals surface area contributed by atoms with Crippen LogP contribution in [0.2, 0.25) is 0 Å². The Bertz CT molecular complexity index is 992. The number of hydrogen-bond donors (Lipinski definition) is 1. The van der Waals surface area contributed by atoms with E-state index in [1.807, 2.05) is 24.3 Å². The Kier molecular flexibility index (Phi) is 3.83. The zero-order chi connectivity index (χ0) is 16.4. The molecular formula is C17H14N2O3S. The van der Waals surface area contributed by atoms with Crippen molar-refractivity contribution in [2.75, 3.05) is 11.6 Å². The first-order chi connectivity index (χ1) is 10.9. The van der Waals surface area contributed by atoms with Gasteiger partial charge in [-0.3, -0.25) is 9.78 Å². The van der Waals surface area contributed by atoms with Crippen LogP contribution in [0.5, 0.6) is 0 Å². The number of hydrogen-bond acceptors (Lipinski definition) is 4. The maximum Gasteiger partial charge on any atom is 0.256 e. The van der Waals surface area contributed by atoms with E-state index in [1.165, 1.54) is 12.1 Å². The molecule has 0 atom stereocenters. The topological polar surface area (TPSA) is 76.1 Å². The average Bonchev–Trinajstić information content (AvgIpc) is 2.53. The Labute approximate surface area is 133 Å². The van der Waals surface area contributed by atoms with Gasteiger partial charge < -0.3 is 5.32 Å². The summed E-state index contributed by atoms with van der Waals surface area (Å²) in [6.45, 7) is 0. The van der Waals surface area contributed by atoms with Crippen molar-refractivity contribution < 1.29 is 13.2 Å². The number of rotatable bonds is 3. The van der Waals surface area contributed by atoms with Crippen LogP contribution in [-0.2, 0) is 9.84 Å². The van der Waals surface area contributed by atoms with E-state index in [1.54, 1.807) is 24.4 Å². The van der Waals surface area contributed by atoms with Gasteiger partial charge >= 0.3 is 0 Å². The highest BCUT2D eigenvalue weighted by atomic mass is 32.2. The lowest BCUT2D eigenvalue weighted by atomic mass is 10.1. The number of benzene rings is 2. The zero-order valence-electron chi connectivity index (χ0n) is 12.4. The van der Waals surface area contributed by atoms with Crippen LogP contribution in [0.15, 0.2) is 65.7 Å². The number of anilines is 1. The van der Waals surface area contributed by atoms with Crippen LogP contribution in [0.25, 0.3) is 10.9 Å². The lowest BCUT2D eigenvalue weighted by molar-refractivity contribution is 0.102. The van der Waals surface area contributed by atoms with Crippen LogP contribution in [-0.4, -0.2) is 25.6 Å². The van der Waals surface area contributed by atoms with Crippen molar-refractivity contribution in [3.8, 4) is 0 Å². The fourth-order valence-corrected chi connectivity index (χ4v) is 2.96. The molecule has 0 radical (unpaired) electrons. The molecule has 3 rings (SSSR count). The highest BCUT2D eigenvalue weighted by molar-refractivity contribution is 7.90. The van der Waals surface area contributed by atoms with Crippen molar-refractivity contribution in [2.45, 2.75) is 4.90 Å². The molecule has 0 aliphatic rings. The summed E-state index contributed by atoms with van der Waals surface area (Å²) in [5.74, 6) is -0.311. The van der Waals surface area contributed by atoms with E-state index in [9.17, 15) is 13.2 Å². The maximum atomic E-state index is 12.5. The van der Waals surface area contributed by atoms with Crippen molar-refractivity contribution in [2.24, 2.45) is 0 Å². The lowest BCUT2D eigenvalue weighted by Crippen LogP contribution is -2.13. The molecule has 1 aromatic heterocycles. The first-order valence-corrected chi connectivity index (χ1v) is 8.79. The molecule has 116 valence electrons. The van der Waals surface area contributed by atoms with Crippen molar-refractivity contribution >= 4 is 32.3 Å². The summed E-state index contributed by atoms with van der Waals surface area (Å²) in [6.07, 6.45) is 2.70. The van der Waals surface area contributed by atoms with Crippen LogP contribution in [0.4, 0.5) is 5.69 Å². The van der Waals surface area contributed by atoms with E-state index < -0.39 is 9.84 Å². The van der Waals surface area contributed by atoms with Gasteiger partial charge in [0.15, 0.2) is 9.84 Å². The van der Waals surface area contributed by atoms with Crippen LogP contribution >= 0.6 is 0 Å². The highest BCUT2D eigenvalue weighted by Crippen LogP contribution is 2.19. The molecule has 0 fully saturated rings. The number of fused-ring (bicyclic) bond motifs is 1. The second kappa shape index (κ2) is 5.81. The predicted octanol–water partition coefficient (Wildman–Crippen LogP) is 2.89. The fraction of sp³-hybridized carbons (Fsp3) is 0.0588. The van der Waals surface area contributed by atoms with E-state index in [4.69, 9.17) is 0 Å². The molecular weight excluding hydrogens is 312 g/mol. The lowest BCUT2D eigenvalue weighted by Gasteiger charge is -2.08. The number of pyridine rings is 1. The number of aromatic nitrogens is 1. The van der Waals surface area contributed by atoms with Gasteiger partial charge in [0.25, 0.3) is 5.91 Å². The minimum absolute atomic E-state index is 0.162. The summed E-state index contributed by atoms with van der Waals surface area (Å²) < 4.78 is 23.2. The Morgan fingerprint density at radius 2 is 1.83 bits per heavy atom. The van der Waals surface area contributed by atoms with Gasteiger partial charge in [-0.25, -0.2) is 8.42 Å². The molecule has 23 heavy (non-hydrogen) atoms. The number of amides is 1. The maximum absolute atomic E-state index is 12.5. The monoisotopic (exact) mass is 326 g/mol. The molecule has 0 unspecified atom stereocenters. The Morgan fingerprint density at radius 3 is 2.61 bits per heavy atom. The minimum atomic E-state index is -3.32. The molecule has 0 saturated carbocycles. The summed E-state index contributed by atoms with van der Waals surface area (Å²) in [4.78, 5) is 16.9. The standard InChI is InChI=1S/C17H14N2O3S/c1-23(21,22)13-6-4-5-12(11-13)19-17(20)15-9-10-18-16-8-3-2-7-14(15)16/h2-11H,1H3,(H,19,20). The molecule has 3 aromatic rings. The minimum Gasteiger partial charge on any atom is -0.322 e. The quantitative estimate of drug-likeness (QED) is 0.803. The molecule has 5 nitrogen and oxygen atoms in total. The number of carbonyl (C=O) groups excluding carboxylic acids is 1. The van der Waals surface area contributed by atoms with E-state index in [-0.39, 0.29) is 10.8 Å². The molecule has 0 aliphatic heterocycles. The molecule has 6 heteroatoms. The molecule has 1 heterocycles. The second-order valence-electron chi connectivity index (χ2n) is 5.13. The van der Waals surface area contributed by atoms with E-state index in [0.717, 1.165) is 17.2 Å². The van der Waals surface area contributed by atoms with Gasteiger partial charge in [-0.2, -0.15) is 0 Å². The molecule has 0 spiro atoms. The zero-order valence-corrected chi connectivity index (χ0v) is 13.2. The second-order valence-corrected chi connectivity index (χ2v) is 7.15. The van der Waals surface area contributed by atoms with Crippen LogP contribution in [0.3, 0.4) is 0 Å². The van der Waals surface area contributed by atoms with Crippen molar-refractivity contribution in [3.05, 3.63) is 66.4 Å². The molecule has 0 bridgehead atoms. The van der Waals surface area contributed by atoms with Gasteiger partial charge in [0, 0.05) is 23.5 Å². The van der Waals surface area contributed by atoms with Gasteiger partial charge in [-0.05, 0) is 30.3 Å². The average molecular weight is 326 g/mol. The van der Waals surface area contributed by atoms with Gasteiger partial charge in [-0.15, -0.1) is 0 Å². The molecule has 0 aliphatic carbocycles. The SMILES string of the molecule is CS(=O)(=O)c1cccc(NC(=O)c2ccnc3ccccc23)c1. The van der Waals surface area contributed by atoms with Crippen LogP contribution < -0.4 is 5.32 Å². The Hall–Kier alpha value is -2.73. The van der Waals surface area contributed by atoms with Crippen LogP contribution in [0.1, 0.15) is 10.4 Å². The Balaban J connectivity index is 1.96. The van der Waals surface area contributed by atoms with Crippen molar-refractivity contribution in [1.82, 2.24) is 4.98 Å². The van der Waals surface area contributed by atoms with E-state index >= 15 is 0 Å². The molecule has 0 saturated heterocycles. The molecule has 1 amide bonds. The highest BCUT2D eigenvalue weighted by Gasteiger charge is 2.12. The van der Waals surface area contributed by atoms with E-state index in [2.05, 4.69) is 10.3 Å². The first-order valence-electron chi connectivity index (χ1n) is 6.90. The predicted molar refractivity (Wildman–Crippen MR) is 89.2 cm³/mol. The van der Waals surface area contributed by atoms with Gasteiger partial charge in [0.2, 0.25) is 0 Å². The van der Waals surface area contributed by atoms with Gasteiger partial charge in [0.05, 0.1) is 16.0 Å². The van der Waals surface area contributed by atoms with E-state index in [0.29, 0.717) is 11.3 Å². The largest absolute Gasteiger partial charge is 0.322 e. The third kappa shape index (κ3) is 3.22. The third-order valence-electron chi connectivity index (χ3n) is 3.41. The van der Waals surface area contributed by atoms with Gasteiger partial charge in [-0.1, -0.05) is 24.3 Å². The third-order valence-corrected chi connectivity index (χ3v) is 4.52. The fourth-order valence-electron chi connectivity index (χ4n) is 2.30. The van der Waals surface area contributed by atoms with Crippen molar-refractivity contribution in [3.63, 3.8) is 0 Å². The summed E-state index contributed by atoms with van der Waals surface area (Å²) in [5, 5.41) is 3.47. The number of para-hydroxylation sites is 1. The summed E-state index contributed by atoms with van der Waals surface area (Å²) in [6, 6.07) is 15.2. The van der Waals surface area contributed by atoms with Crippen molar-refractivity contribution in [1.29, 1.82) is 0 Å². The number of sulfone groups is 1. The number of nitrogens with one attached hydrogen (secondary N) is 1. The summed E-state index contributed by atoms with van der Waals surface area (Å²) in [7, 11) is -3.32. The van der Waals surface area contributed by atoms with Gasteiger partial charge in [0.1, 0.15) is 0 Å². The normalized spacial score (nSPS) is 11.3. The Morgan fingerprint density at radius 1 is 1.04 bits per heavy atom.